The summed E-state index contributed by atoms with van der Waals surface area (Å²) >= 11 is 3.21. The normalized spacial score (nSPS) is 9.84. The Hall–Kier alpha value is -1.76. The Morgan fingerprint density at radius 3 is 2.53 bits per heavy atom. The van der Waals surface area contributed by atoms with Crippen LogP contribution in [0, 0.1) is 0 Å². The van der Waals surface area contributed by atoms with Crippen molar-refractivity contribution in [1.82, 2.24) is 0 Å². The van der Waals surface area contributed by atoms with E-state index in [9.17, 15) is 9.59 Å². The summed E-state index contributed by atoms with van der Waals surface area (Å²) < 4.78 is 15.4. The summed E-state index contributed by atoms with van der Waals surface area (Å²) in [4.78, 5) is 21.9. The van der Waals surface area contributed by atoms with Crippen molar-refractivity contribution in [3.8, 4) is 11.5 Å². The summed E-state index contributed by atoms with van der Waals surface area (Å²) in [6.45, 7) is 0.105. The molecule has 0 saturated heterocycles. The van der Waals surface area contributed by atoms with Crippen LogP contribution < -0.4 is 9.47 Å². The average Bonchev–Trinajstić information content (AvgIpc) is 2.39. The first-order valence-corrected chi connectivity index (χ1v) is 6.09. The number of benzene rings is 1. The maximum absolute atomic E-state index is 11.0. The van der Waals surface area contributed by atoms with Gasteiger partial charge in [0.2, 0.25) is 0 Å². The van der Waals surface area contributed by atoms with Crippen LogP contribution in [0.1, 0.15) is 16.8 Å². The molecule has 104 valence electrons. The summed E-state index contributed by atoms with van der Waals surface area (Å²) in [5, 5.41) is 8.92. The minimum atomic E-state index is -1.07. The number of ether oxygens (including phenoxy) is 3. The zero-order chi connectivity index (χ0) is 14.4. The highest BCUT2D eigenvalue weighted by Crippen LogP contribution is 2.36. The van der Waals surface area contributed by atoms with Gasteiger partial charge in [-0.05, 0) is 28.1 Å². The minimum absolute atomic E-state index is 0.0732. The minimum Gasteiger partial charge on any atom is -0.493 e. The number of halogens is 1. The molecule has 1 aromatic rings. The number of hydrogen-bond acceptors (Lipinski definition) is 5. The highest BCUT2D eigenvalue weighted by Gasteiger charge is 2.15. The monoisotopic (exact) mass is 332 g/mol. The lowest BCUT2D eigenvalue weighted by molar-refractivity contribution is -0.141. The quantitative estimate of drug-likeness (QED) is 0.803. The molecule has 1 aromatic carbocycles. The van der Waals surface area contributed by atoms with E-state index in [2.05, 4.69) is 20.7 Å². The van der Waals surface area contributed by atoms with Crippen LogP contribution in [-0.4, -0.2) is 37.9 Å². The molecule has 0 radical (unpaired) electrons. The van der Waals surface area contributed by atoms with Gasteiger partial charge in [-0.15, -0.1) is 0 Å². The highest BCUT2D eigenvalue weighted by molar-refractivity contribution is 9.10. The number of hydrogen-bond donors (Lipinski definition) is 1. The van der Waals surface area contributed by atoms with Crippen LogP contribution in [0.4, 0.5) is 0 Å². The Balaban J connectivity index is 2.88. The molecule has 0 amide bonds. The number of carboxylic acid groups (broad SMARTS) is 1. The molecule has 19 heavy (non-hydrogen) atoms. The molecule has 0 heterocycles. The van der Waals surface area contributed by atoms with E-state index in [4.69, 9.17) is 14.6 Å². The van der Waals surface area contributed by atoms with Gasteiger partial charge >= 0.3 is 11.9 Å². The summed E-state index contributed by atoms with van der Waals surface area (Å²) in [5.74, 6) is -0.842. The maximum Gasteiger partial charge on any atom is 0.335 e. The van der Waals surface area contributed by atoms with Crippen molar-refractivity contribution in [3.05, 3.63) is 22.2 Å². The lowest BCUT2D eigenvalue weighted by atomic mass is 10.2. The van der Waals surface area contributed by atoms with E-state index in [0.29, 0.717) is 10.2 Å². The van der Waals surface area contributed by atoms with Crippen molar-refractivity contribution in [2.45, 2.75) is 6.42 Å². The molecule has 0 saturated carbocycles. The first-order valence-electron chi connectivity index (χ1n) is 5.30. The lowest BCUT2D eigenvalue weighted by Gasteiger charge is -2.13. The standard InChI is InChI=1S/C12H13BrO6/c1-17-9-6-7(12(15)16)5-8(13)11(9)19-4-3-10(14)18-2/h5-6H,3-4H2,1-2H3,(H,15,16). The van der Waals surface area contributed by atoms with Crippen molar-refractivity contribution in [2.75, 3.05) is 20.8 Å². The van der Waals surface area contributed by atoms with Crippen LogP contribution in [0.2, 0.25) is 0 Å². The molecule has 1 rings (SSSR count). The number of esters is 1. The van der Waals surface area contributed by atoms with Gasteiger partial charge in [-0.2, -0.15) is 0 Å². The molecule has 0 aliphatic carbocycles. The van der Waals surface area contributed by atoms with Gasteiger partial charge in [0.15, 0.2) is 11.5 Å². The van der Waals surface area contributed by atoms with Gasteiger partial charge in [-0.3, -0.25) is 4.79 Å². The number of carbonyl (C=O) groups is 2. The van der Waals surface area contributed by atoms with Crippen molar-refractivity contribution in [1.29, 1.82) is 0 Å². The first-order chi connectivity index (χ1) is 8.99. The van der Waals surface area contributed by atoms with Crippen LogP contribution in [0.15, 0.2) is 16.6 Å². The number of carboxylic acids is 1. The number of carbonyl (C=O) groups excluding carboxylic acids is 1. The fourth-order valence-corrected chi connectivity index (χ4v) is 1.88. The molecule has 0 aliphatic rings. The van der Waals surface area contributed by atoms with Crippen LogP contribution in [0.25, 0.3) is 0 Å². The maximum atomic E-state index is 11.0. The molecule has 0 bridgehead atoms. The van der Waals surface area contributed by atoms with Gasteiger partial charge in [0.05, 0.1) is 37.3 Å². The number of rotatable bonds is 6. The number of aromatic carboxylic acids is 1. The number of methoxy groups -OCH3 is 2. The van der Waals surface area contributed by atoms with E-state index in [1.807, 2.05) is 0 Å². The summed E-state index contributed by atoms with van der Waals surface area (Å²) in [6, 6.07) is 2.75. The van der Waals surface area contributed by atoms with Crippen molar-refractivity contribution >= 4 is 27.9 Å². The Morgan fingerprint density at radius 1 is 1.32 bits per heavy atom. The third-order valence-electron chi connectivity index (χ3n) is 2.26. The molecule has 0 atom stereocenters. The van der Waals surface area contributed by atoms with Gasteiger partial charge < -0.3 is 19.3 Å². The summed E-state index contributed by atoms with van der Waals surface area (Å²) in [7, 11) is 2.70. The molecule has 0 aliphatic heterocycles. The Bertz CT molecular complexity index is 485. The van der Waals surface area contributed by atoms with Crippen LogP contribution in [0.5, 0.6) is 11.5 Å². The highest BCUT2D eigenvalue weighted by atomic mass is 79.9. The van der Waals surface area contributed by atoms with Gasteiger partial charge in [-0.1, -0.05) is 0 Å². The fourth-order valence-electron chi connectivity index (χ4n) is 1.32. The fraction of sp³-hybridized carbons (Fsp3) is 0.333. The molecule has 0 fully saturated rings. The van der Waals surface area contributed by atoms with Crippen molar-refractivity contribution in [3.63, 3.8) is 0 Å². The van der Waals surface area contributed by atoms with E-state index in [0.717, 1.165) is 0 Å². The molecule has 1 N–H and O–H groups in total. The molecule has 7 heteroatoms. The van der Waals surface area contributed by atoms with Gasteiger partial charge in [0.25, 0.3) is 0 Å². The molecule has 0 aromatic heterocycles. The molecule has 6 nitrogen and oxygen atoms in total. The predicted octanol–water partition coefficient (Wildman–Crippen LogP) is 2.10. The van der Waals surface area contributed by atoms with E-state index in [-0.39, 0.29) is 24.3 Å². The molecule has 0 unspecified atom stereocenters. The average molecular weight is 333 g/mol. The van der Waals surface area contributed by atoms with E-state index >= 15 is 0 Å². The van der Waals surface area contributed by atoms with E-state index < -0.39 is 11.9 Å². The van der Waals surface area contributed by atoms with E-state index in [1.165, 1.54) is 26.4 Å². The largest absolute Gasteiger partial charge is 0.493 e. The zero-order valence-electron chi connectivity index (χ0n) is 10.4. The van der Waals surface area contributed by atoms with E-state index in [1.54, 1.807) is 0 Å². The predicted molar refractivity (Wildman–Crippen MR) is 69.8 cm³/mol. The molecular formula is C12H13BrO6. The molecular weight excluding hydrogens is 320 g/mol. The topological polar surface area (TPSA) is 82.1 Å². The van der Waals surface area contributed by atoms with Gasteiger partial charge in [-0.25, -0.2) is 4.79 Å². The second-order valence-corrected chi connectivity index (χ2v) is 4.32. The Morgan fingerprint density at radius 2 is 2.00 bits per heavy atom. The smallest absolute Gasteiger partial charge is 0.335 e. The van der Waals surface area contributed by atoms with Crippen LogP contribution in [-0.2, 0) is 9.53 Å². The zero-order valence-corrected chi connectivity index (χ0v) is 12.0. The lowest BCUT2D eigenvalue weighted by Crippen LogP contribution is -2.09. The Labute approximate surface area is 118 Å². The summed E-state index contributed by atoms with van der Waals surface area (Å²) in [6.07, 6.45) is 0.0901. The van der Waals surface area contributed by atoms with Crippen LogP contribution in [0.3, 0.4) is 0 Å². The third-order valence-corrected chi connectivity index (χ3v) is 2.85. The second kappa shape index (κ2) is 6.98. The third kappa shape index (κ3) is 4.13. The Kier molecular flexibility index (Phi) is 5.62. The van der Waals surface area contributed by atoms with Crippen LogP contribution >= 0.6 is 15.9 Å². The second-order valence-electron chi connectivity index (χ2n) is 3.47. The first kappa shape index (κ1) is 15.3. The summed E-state index contributed by atoms with van der Waals surface area (Å²) in [5.41, 5.74) is 0.0732. The van der Waals surface area contributed by atoms with Crippen molar-refractivity contribution < 1.29 is 28.9 Å². The molecule has 0 spiro atoms. The van der Waals surface area contributed by atoms with Gasteiger partial charge in [0, 0.05) is 0 Å². The van der Waals surface area contributed by atoms with Crippen molar-refractivity contribution in [2.24, 2.45) is 0 Å². The van der Waals surface area contributed by atoms with Gasteiger partial charge in [0.1, 0.15) is 0 Å². The SMILES string of the molecule is COC(=O)CCOc1c(Br)cc(C(=O)O)cc1OC.